The van der Waals surface area contributed by atoms with Crippen LogP contribution in [0.1, 0.15) is 44.9 Å². The first-order valence-corrected chi connectivity index (χ1v) is 6.24. The van der Waals surface area contributed by atoms with E-state index < -0.39 is 11.9 Å². The molecule has 0 rings (SSSR count). The molecule has 0 aliphatic carbocycles. The molecule has 4 nitrogen and oxygen atoms in total. The van der Waals surface area contributed by atoms with Gasteiger partial charge in [0.05, 0.1) is 0 Å². The third-order valence-corrected chi connectivity index (χ3v) is 2.76. The Bertz CT molecular complexity index is 202. The maximum absolute atomic E-state index is 10.5. The summed E-state index contributed by atoms with van der Waals surface area (Å²) in [4.78, 5) is 21.0. The minimum atomic E-state index is -0.915. The largest absolute Gasteiger partial charge is 0.481 e. The summed E-state index contributed by atoms with van der Waals surface area (Å²) in [5.41, 5.74) is 0. The highest BCUT2D eigenvalue weighted by Crippen LogP contribution is 2.18. The van der Waals surface area contributed by atoms with Crippen molar-refractivity contribution in [3.05, 3.63) is 0 Å². The van der Waals surface area contributed by atoms with Crippen molar-refractivity contribution >= 4 is 24.6 Å². The van der Waals surface area contributed by atoms with Crippen molar-refractivity contribution in [2.75, 3.05) is 5.75 Å². The predicted molar refractivity (Wildman–Crippen MR) is 64.9 cm³/mol. The number of carboxylic acids is 2. The minimum Gasteiger partial charge on any atom is -0.481 e. The van der Waals surface area contributed by atoms with Gasteiger partial charge in [0.1, 0.15) is 0 Å². The third kappa shape index (κ3) is 9.83. The number of carboxylic acid groups (broad SMARTS) is 2. The van der Waals surface area contributed by atoms with Crippen LogP contribution in [0.15, 0.2) is 0 Å². The molecule has 5 heteroatoms. The summed E-state index contributed by atoms with van der Waals surface area (Å²) in [6, 6.07) is 0. The first-order chi connectivity index (χ1) is 7.56. The zero-order chi connectivity index (χ0) is 12.4. The summed E-state index contributed by atoms with van der Waals surface area (Å²) in [7, 11) is 0. The van der Waals surface area contributed by atoms with Crippen LogP contribution in [0.4, 0.5) is 0 Å². The Labute approximate surface area is 101 Å². The van der Waals surface area contributed by atoms with E-state index in [1.54, 1.807) is 0 Å². The summed E-state index contributed by atoms with van der Waals surface area (Å²) in [5.74, 6) is -1.19. The first-order valence-electron chi connectivity index (χ1n) is 5.60. The Hall–Kier alpha value is -0.710. The SMILES string of the molecule is O=C(O)CC(CCCCCCS)CC(=O)O. The van der Waals surface area contributed by atoms with E-state index in [-0.39, 0.29) is 18.8 Å². The molecule has 0 fully saturated rings. The lowest BCUT2D eigenvalue weighted by Gasteiger charge is -2.11. The number of carbonyl (C=O) groups is 2. The Morgan fingerprint density at radius 3 is 1.88 bits per heavy atom. The van der Waals surface area contributed by atoms with E-state index in [1.165, 1.54) is 0 Å². The van der Waals surface area contributed by atoms with E-state index in [9.17, 15) is 9.59 Å². The van der Waals surface area contributed by atoms with Crippen LogP contribution in [-0.4, -0.2) is 27.9 Å². The van der Waals surface area contributed by atoms with E-state index in [1.807, 2.05) is 0 Å². The number of thiol groups is 1. The molecule has 0 heterocycles. The topological polar surface area (TPSA) is 74.6 Å². The highest BCUT2D eigenvalue weighted by Gasteiger charge is 2.16. The predicted octanol–water partition coefficient (Wildman–Crippen LogP) is 2.43. The molecule has 0 aliphatic heterocycles. The van der Waals surface area contributed by atoms with Gasteiger partial charge in [-0.15, -0.1) is 0 Å². The zero-order valence-electron chi connectivity index (χ0n) is 9.39. The maximum atomic E-state index is 10.5. The van der Waals surface area contributed by atoms with Gasteiger partial charge in [-0.3, -0.25) is 9.59 Å². The van der Waals surface area contributed by atoms with Crippen LogP contribution in [0.25, 0.3) is 0 Å². The number of hydrogen-bond acceptors (Lipinski definition) is 3. The van der Waals surface area contributed by atoms with Gasteiger partial charge >= 0.3 is 11.9 Å². The molecule has 0 saturated carbocycles. The lowest BCUT2D eigenvalue weighted by Crippen LogP contribution is -2.12. The van der Waals surface area contributed by atoms with Crippen LogP contribution in [0, 0.1) is 5.92 Å². The molecule has 0 bridgehead atoms. The van der Waals surface area contributed by atoms with Gasteiger partial charge in [0, 0.05) is 12.8 Å². The van der Waals surface area contributed by atoms with Gasteiger partial charge < -0.3 is 10.2 Å². The molecule has 0 radical (unpaired) electrons. The average Bonchev–Trinajstić information content (AvgIpc) is 2.15. The summed E-state index contributed by atoms with van der Waals surface area (Å²) in [6.07, 6.45) is 4.67. The van der Waals surface area contributed by atoms with Crippen LogP contribution >= 0.6 is 12.6 Å². The molecular weight excluding hydrogens is 228 g/mol. The molecule has 0 aliphatic rings. The summed E-state index contributed by atoms with van der Waals surface area (Å²) in [6.45, 7) is 0. The normalized spacial score (nSPS) is 10.6. The van der Waals surface area contributed by atoms with E-state index in [0.717, 1.165) is 31.4 Å². The van der Waals surface area contributed by atoms with E-state index in [0.29, 0.717) is 6.42 Å². The van der Waals surface area contributed by atoms with Gasteiger partial charge in [-0.25, -0.2) is 0 Å². The Balaban J connectivity index is 3.73. The number of rotatable bonds is 10. The standard InChI is InChI=1S/C11H20O4S/c12-10(13)7-9(8-11(14)15)5-3-1-2-4-6-16/h9,16H,1-8H2,(H,12,13)(H,14,15). The fourth-order valence-corrected chi connectivity index (χ4v) is 1.89. The summed E-state index contributed by atoms with van der Waals surface area (Å²) in [5, 5.41) is 17.3. The van der Waals surface area contributed by atoms with Gasteiger partial charge in [0.2, 0.25) is 0 Å². The smallest absolute Gasteiger partial charge is 0.303 e. The van der Waals surface area contributed by atoms with E-state index in [2.05, 4.69) is 12.6 Å². The van der Waals surface area contributed by atoms with Crippen molar-refractivity contribution in [2.24, 2.45) is 5.92 Å². The summed E-state index contributed by atoms with van der Waals surface area (Å²) >= 11 is 4.10. The highest BCUT2D eigenvalue weighted by molar-refractivity contribution is 7.80. The average molecular weight is 248 g/mol. The molecule has 0 aromatic carbocycles. The lowest BCUT2D eigenvalue weighted by molar-refractivity contribution is -0.140. The number of unbranched alkanes of at least 4 members (excludes halogenated alkanes) is 3. The van der Waals surface area contributed by atoms with Gasteiger partial charge in [0.25, 0.3) is 0 Å². The van der Waals surface area contributed by atoms with Gasteiger partial charge in [-0.05, 0) is 24.5 Å². The monoisotopic (exact) mass is 248 g/mol. The highest BCUT2D eigenvalue weighted by atomic mass is 32.1. The van der Waals surface area contributed by atoms with Crippen molar-refractivity contribution in [1.82, 2.24) is 0 Å². The Morgan fingerprint density at radius 1 is 0.938 bits per heavy atom. The zero-order valence-corrected chi connectivity index (χ0v) is 10.3. The molecule has 2 N–H and O–H groups in total. The van der Waals surface area contributed by atoms with Crippen LogP contribution in [0.3, 0.4) is 0 Å². The summed E-state index contributed by atoms with van der Waals surface area (Å²) < 4.78 is 0. The van der Waals surface area contributed by atoms with Crippen molar-refractivity contribution in [1.29, 1.82) is 0 Å². The molecule has 94 valence electrons. The lowest BCUT2D eigenvalue weighted by atomic mass is 9.94. The van der Waals surface area contributed by atoms with Crippen LogP contribution in [0.5, 0.6) is 0 Å². The fraction of sp³-hybridized carbons (Fsp3) is 0.818. The molecule has 0 saturated heterocycles. The van der Waals surface area contributed by atoms with Crippen molar-refractivity contribution in [2.45, 2.75) is 44.9 Å². The Kier molecular flexibility index (Phi) is 9.09. The molecule has 0 aromatic heterocycles. The third-order valence-electron chi connectivity index (χ3n) is 2.45. The second-order valence-corrected chi connectivity index (χ2v) is 4.44. The molecule has 0 atom stereocenters. The van der Waals surface area contributed by atoms with Crippen molar-refractivity contribution in [3.63, 3.8) is 0 Å². The van der Waals surface area contributed by atoms with Gasteiger partial charge in [-0.2, -0.15) is 12.6 Å². The second-order valence-electron chi connectivity index (χ2n) is 3.99. The van der Waals surface area contributed by atoms with Gasteiger partial charge in [-0.1, -0.05) is 19.3 Å². The second kappa shape index (κ2) is 9.51. The molecule has 0 amide bonds. The van der Waals surface area contributed by atoms with E-state index in [4.69, 9.17) is 10.2 Å². The molecule has 0 aromatic rings. The quantitative estimate of drug-likeness (QED) is 0.410. The molecular formula is C11H20O4S. The number of aliphatic carboxylic acids is 2. The van der Waals surface area contributed by atoms with Crippen LogP contribution < -0.4 is 0 Å². The molecule has 16 heavy (non-hydrogen) atoms. The number of hydrogen-bond donors (Lipinski definition) is 3. The van der Waals surface area contributed by atoms with Crippen LogP contribution in [0.2, 0.25) is 0 Å². The maximum Gasteiger partial charge on any atom is 0.303 e. The fourth-order valence-electron chi connectivity index (χ4n) is 1.67. The molecule has 0 spiro atoms. The van der Waals surface area contributed by atoms with Gasteiger partial charge in [0.15, 0.2) is 0 Å². The van der Waals surface area contributed by atoms with E-state index >= 15 is 0 Å². The van der Waals surface area contributed by atoms with Crippen molar-refractivity contribution < 1.29 is 19.8 Å². The Morgan fingerprint density at radius 2 is 1.44 bits per heavy atom. The molecule has 0 unspecified atom stereocenters. The minimum absolute atomic E-state index is 0.0428. The van der Waals surface area contributed by atoms with Crippen molar-refractivity contribution in [3.8, 4) is 0 Å². The first kappa shape index (κ1) is 15.3. The van der Waals surface area contributed by atoms with Crippen LogP contribution in [-0.2, 0) is 9.59 Å².